The van der Waals surface area contributed by atoms with Crippen molar-refractivity contribution >= 4 is 0 Å². The Bertz CT molecular complexity index is 460. The van der Waals surface area contributed by atoms with Crippen LogP contribution in [0.3, 0.4) is 0 Å². The molecule has 0 aromatic rings. The summed E-state index contributed by atoms with van der Waals surface area (Å²) in [6, 6.07) is 0. The van der Waals surface area contributed by atoms with Crippen molar-refractivity contribution in [2.75, 3.05) is 0 Å². The SMILES string of the molecule is C[CH2][Zr+]([CH]1CCC2C=CC=CC21)[CH]1CCC2C=CC=CC21.[Cl-]. The van der Waals surface area contributed by atoms with Gasteiger partial charge >= 0.3 is 138 Å². The first-order valence-corrected chi connectivity index (χ1v) is 13.5. The molecule has 0 heterocycles. The van der Waals surface area contributed by atoms with Crippen LogP contribution in [0.4, 0.5) is 0 Å². The average Bonchev–Trinajstić information content (AvgIpc) is 3.14. The van der Waals surface area contributed by atoms with E-state index in [9.17, 15) is 0 Å². The number of fused-ring (bicyclic) bond motifs is 2. The van der Waals surface area contributed by atoms with Crippen LogP contribution in [-0.4, -0.2) is 0 Å². The topological polar surface area (TPSA) is 0 Å². The van der Waals surface area contributed by atoms with Crippen LogP contribution in [-0.2, 0) is 21.8 Å². The molecule has 6 unspecified atom stereocenters. The van der Waals surface area contributed by atoms with Gasteiger partial charge in [0.15, 0.2) is 0 Å². The Balaban J connectivity index is 0.00000144. The van der Waals surface area contributed by atoms with Crippen LogP contribution in [0, 0.1) is 23.7 Å². The number of rotatable bonds is 3. The van der Waals surface area contributed by atoms with Gasteiger partial charge in [-0.1, -0.05) is 0 Å². The van der Waals surface area contributed by atoms with Gasteiger partial charge in [-0.05, 0) is 0 Å². The Morgan fingerprint density at radius 1 is 0.727 bits per heavy atom. The molecule has 0 amide bonds. The zero-order chi connectivity index (χ0) is 14.2. The summed E-state index contributed by atoms with van der Waals surface area (Å²) in [6.45, 7) is 2.53. The minimum absolute atomic E-state index is 0. The van der Waals surface area contributed by atoms with Gasteiger partial charge in [0.2, 0.25) is 0 Å². The molecule has 6 atom stereocenters. The third kappa shape index (κ3) is 2.93. The normalized spacial score (nSPS) is 41.1. The third-order valence-corrected chi connectivity index (χ3v) is 16.5. The van der Waals surface area contributed by atoms with Crippen molar-refractivity contribution in [3.05, 3.63) is 48.6 Å². The van der Waals surface area contributed by atoms with Crippen molar-refractivity contribution in [1.82, 2.24) is 0 Å². The number of hydrogen-bond donors (Lipinski definition) is 0. The molecule has 0 radical (unpaired) electrons. The Kier molecular flexibility index (Phi) is 5.67. The van der Waals surface area contributed by atoms with Gasteiger partial charge < -0.3 is 12.4 Å². The monoisotopic (exact) mass is 392 g/mol. The van der Waals surface area contributed by atoms with E-state index in [1.54, 1.807) is 17.0 Å². The standard InChI is InChI=1S/2C9H11.C2H5.ClH.Zr/c2*1-2-5-9-7-3-6-8(9)4-1;1-2;;/h2*1-2,4-6,8-9H,3,7H2;1H2,2H3;1H;/q;;;;+1/p-1. The van der Waals surface area contributed by atoms with Gasteiger partial charge in [-0.15, -0.1) is 0 Å². The molecule has 0 bridgehead atoms. The smallest absolute Gasteiger partial charge is 1.00 e. The van der Waals surface area contributed by atoms with E-state index in [1.165, 1.54) is 12.8 Å². The second-order valence-electron chi connectivity index (χ2n) is 7.32. The third-order valence-electron chi connectivity index (χ3n) is 6.51. The summed E-state index contributed by atoms with van der Waals surface area (Å²) in [5.41, 5.74) is 0. The first kappa shape index (κ1) is 17.0. The zero-order valence-corrected chi connectivity index (χ0v) is 16.7. The van der Waals surface area contributed by atoms with Crippen LogP contribution in [0.25, 0.3) is 0 Å². The van der Waals surface area contributed by atoms with Crippen LogP contribution in [0.5, 0.6) is 0 Å². The Morgan fingerprint density at radius 3 is 1.64 bits per heavy atom. The van der Waals surface area contributed by atoms with Gasteiger partial charge in [-0.3, -0.25) is 0 Å². The maximum Gasteiger partial charge on any atom is -1.00 e. The molecule has 4 aliphatic rings. The van der Waals surface area contributed by atoms with Crippen LogP contribution in [0.2, 0.25) is 11.4 Å². The molecule has 2 heteroatoms. The van der Waals surface area contributed by atoms with Gasteiger partial charge in [0.25, 0.3) is 0 Å². The second kappa shape index (κ2) is 7.35. The van der Waals surface area contributed by atoms with Crippen molar-refractivity contribution in [3.63, 3.8) is 0 Å². The first-order chi connectivity index (χ1) is 10.4. The van der Waals surface area contributed by atoms with Gasteiger partial charge in [0, 0.05) is 0 Å². The molecule has 4 rings (SSSR count). The first-order valence-electron chi connectivity index (χ1n) is 8.94. The molecule has 0 aromatic heterocycles. The molecule has 4 aliphatic carbocycles. The summed E-state index contributed by atoms with van der Waals surface area (Å²) in [7, 11) is 0. The van der Waals surface area contributed by atoms with E-state index in [2.05, 4.69) is 55.5 Å². The fourth-order valence-electron chi connectivity index (χ4n) is 5.58. The molecular weight excluding hydrogens is 367 g/mol. The number of halogens is 1. The predicted molar refractivity (Wildman–Crippen MR) is 87.0 cm³/mol. The fraction of sp³-hybridized carbons (Fsp3) is 0.600. The maximum absolute atomic E-state index is 2.57. The molecule has 0 aliphatic heterocycles. The summed E-state index contributed by atoms with van der Waals surface area (Å²) < 4.78 is 3.83. The largest absolute Gasteiger partial charge is 1.00 e. The molecule has 0 spiro atoms. The molecule has 0 aromatic carbocycles. The summed E-state index contributed by atoms with van der Waals surface area (Å²) in [5, 5.41) is 0. The van der Waals surface area contributed by atoms with Gasteiger partial charge in [0.05, 0.1) is 0 Å². The van der Waals surface area contributed by atoms with Crippen molar-refractivity contribution in [2.24, 2.45) is 23.7 Å². The van der Waals surface area contributed by atoms with Crippen molar-refractivity contribution in [2.45, 2.75) is 44.0 Å². The van der Waals surface area contributed by atoms with Crippen molar-refractivity contribution in [1.29, 1.82) is 0 Å². The Morgan fingerprint density at radius 2 is 1.18 bits per heavy atom. The minimum Gasteiger partial charge on any atom is -1.00 e. The number of hydrogen-bond acceptors (Lipinski definition) is 0. The molecule has 0 nitrogen and oxygen atoms in total. The molecule has 118 valence electrons. The summed E-state index contributed by atoms with van der Waals surface area (Å²) in [5.74, 6) is 3.63. The van der Waals surface area contributed by atoms with E-state index in [0.29, 0.717) is 0 Å². The molecule has 22 heavy (non-hydrogen) atoms. The summed E-state index contributed by atoms with van der Waals surface area (Å²) in [6.07, 6.45) is 25.4. The van der Waals surface area contributed by atoms with Gasteiger partial charge in [0.1, 0.15) is 0 Å². The zero-order valence-electron chi connectivity index (χ0n) is 13.5. The van der Waals surface area contributed by atoms with Crippen LogP contribution in [0.1, 0.15) is 32.6 Å². The van der Waals surface area contributed by atoms with Crippen LogP contribution in [0.15, 0.2) is 48.6 Å². The van der Waals surface area contributed by atoms with Crippen LogP contribution >= 0.6 is 0 Å². The van der Waals surface area contributed by atoms with E-state index < -0.39 is 21.8 Å². The van der Waals surface area contributed by atoms with Crippen molar-refractivity contribution in [3.8, 4) is 0 Å². The minimum atomic E-state index is -1.35. The maximum atomic E-state index is 2.57. The van der Waals surface area contributed by atoms with Gasteiger partial charge in [-0.2, -0.15) is 0 Å². The average molecular weight is 394 g/mol. The van der Waals surface area contributed by atoms with Gasteiger partial charge in [-0.25, -0.2) is 0 Å². The number of allylic oxidation sites excluding steroid dienone is 8. The molecule has 2 fully saturated rings. The molecule has 0 saturated heterocycles. The Labute approximate surface area is 149 Å². The van der Waals surface area contributed by atoms with Crippen LogP contribution < -0.4 is 12.4 Å². The second-order valence-corrected chi connectivity index (χ2v) is 15.5. The Hall–Kier alpha value is 0.133. The van der Waals surface area contributed by atoms with Crippen molar-refractivity contribution < 1.29 is 34.2 Å². The quantitative estimate of drug-likeness (QED) is 0.691. The molecule has 0 N–H and O–H groups in total. The van der Waals surface area contributed by atoms with E-state index in [0.717, 1.165) is 30.9 Å². The van der Waals surface area contributed by atoms with E-state index in [4.69, 9.17) is 0 Å². The molecule has 2 saturated carbocycles. The molecular formula is C20H27ClZr. The van der Waals surface area contributed by atoms with E-state index >= 15 is 0 Å². The fourth-order valence-corrected chi connectivity index (χ4v) is 16.3. The predicted octanol–water partition coefficient (Wildman–Crippen LogP) is 2.93. The summed E-state index contributed by atoms with van der Waals surface area (Å²) >= 11 is -1.35. The van der Waals surface area contributed by atoms with E-state index in [-0.39, 0.29) is 12.4 Å². The van der Waals surface area contributed by atoms with E-state index in [1.807, 2.05) is 0 Å². The summed E-state index contributed by atoms with van der Waals surface area (Å²) in [4.78, 5) is 0.